The Hall–Kier alpha value is -1.06. The standard InChI is InChI=1S/C14H14OS2/c1-11(15)16-8-3-2-4-12-5-6-13-7-9-17-14(13)10-12/h2,4-7,9-10H,3,8H2,1H3. The number of thioether (sulfide) groups is 1. The molecule has 0 spiro atoms. The molecule has 1 aromatic heterocycles. The summed E-state index contributed by atoms with van der Waals surface area (Å²) >= 11 is 3.15. The van der Waals surface area contributed by atoms with Crippen LogP contribution >= 0.6 is 23.1 Å². The van der Waals surface area contributed by atoms with E-state index in [2.05, 4.69) is 41.8 Å². The SMILES string of the molecule is CC(=O)SCCC=Cc1ccc2ccsc2c1. The van der Waals surface area contributed by atoms with Gasteiger partial charge in [0, 0.05) is 17.4 Å². The van der Waals surface area contributed by atoms with E-state index in [0.29, 0.717) is 0 Å². The van der Waals surface area contributed by atoms with Gasteiger partial charge in [-0.3, -0.25) is 4.79 Å². The molecule has 0 N–H and O–H groups in total. The van der Waals surface area contributed by atoms with Crippen molar-refractivity contribution in [3.63, 3.8) is 0 Å². The van der Waals surface area contributed by atoms with Gasteiger partial charge < -0.3 is 0 Å². The van der Waals surface area contributed by atoms with E-state index in [1.54, 1.807) is 18.3 Å². The van der Waals surface area contributed by atoms with Gasteiger partial charge in [-0.2, -0.15) is 0 Å². The minimum atomic E-state index is 0.193. The fourth-order valence-electron chi connectivity index (χ4n) is 1.57. The maximum absolute atomic E-state index is 10.7. The second-order valence-corrected chi connectivity index (χ2v) is 5.97. The number of fused-ring (bicyclic) bond motifs is 1. The molecule has 1 nitrogen and oxygen atoms in total. The molecule has 0 atom stereocenters. The van der Waals surface area contributed by atoms with Crippen LogP contribution in [-0.4, -0.2) is 10.9 Å². The van der Waals surface area contributed by atoms with Gasteiger partial charge in [-0.1, -0.05) is 36.0 Å². The summed E-state index contributed by atoms with van der Waals surface area (Å²) in [5, 5.41) is 3.61. The first-order valence-corrected chi connectivity index (χ1v) is 7.39. The van der Waals surface area contributed by atoms with Crippen LogP contribution < -0.4 is 0 Å². The van der Waals surface area contributed by atoms with Crippen molar-refractivity contribution in [3.05, 3.63) is 41.3 Å². The molecular weight excluding hydrogens is 248 g/mol. The zero-order valence-corrected chi connectivity index (χ0v) is 11.3. The van der Waals surface area contributed by atoms with E-state index < -0.39 is 0 Å². The molecule has 2 aromatic rings. The van der Waals surface area contributed by atoms with Gasteiger partial charge in [0.1, 0.15) is 0 Å². The third-order valence-corrected chi connectivity index (χ3v) is 4.11. The number of carbonyl (C=O) groups is 1. The lowest BCUT2D eigenvalue weighted by atomic mass is 10.1. The second-order valence-electron chi connectivity index (χ2n) is 3.75. The van der Waals surface area contributed by atoms with Crippen LogP contribution in [0.4, 0.5) is 0 Å². The van der Waals surface area contributed by atoms with Gasteiger partial charge in [-0.25, -0.2) is 0 Å². The Bertz CT molecular complexity index is 540. The first-order valence-electron chi connectivity index (χ1n) is 5.53. The molecule has 0 aliphatic carbocycles. The van der Waals surface area contributed by atoms with Crippen LogP contribution in [0.1, 0.15) is 18.9 Å². The summed E-state index contributed by atoms with van der Waals surface area (Å²) in [5.74, 6) is 0.868. The van der Waals surface area contributed by atoms with Crippen molar-refractivity contribution in [1.29, 1.82) is 0 Å². The number of rotatable bonds is 4. The molecule has 3 heteroatoms. The lowest BCUT2D eigenvalue weighted by Gasteiger charge is -1.95. The molecule has 0 bridgehead atoms. The fraction of sp³-hybridized carbons (Fsp3) is 0.214. The maximum Gasteiger partial charge on any atom is 0.185 e. The van der Waals surface area contributed by atoms with Gasteiger partial charge >= 0.3 is 0 Å². The predicted molar refractivity (Wildman–Crippen MR) is 78.6 cm³/mol. The second kappa shape index (κ2) is 6.03. The van der Waals surface area contributed by atoms with Gasteiger partial charge in [-0.05, 0) is 34.9 Å². The summed E-state index contributed by atoms with van der Waals surface area (Å²) in [4.78, 5) is 10.7. The number of hydrogen-bond acceptors (Lipinski definition) is 3. The number of allylic oxidation sites excluding steroid dienone is 1. The van der Waals surface area contributed by atoms with E-state index >= 15 is 0 Å². The summed E-state index contributed by atoms with van der Waals surface area (Å²) in [6.45, 7) is 1.61. The van der Waals surface area contributed by atoms with Crippen LogP contribution in [0.25, 0.3) is 16.2 Å². The quantitative estimate of drug-likeness (QED) is 0.750. The topological polar surface area (TPSA) is 17.1 Å². The molecule has 0 aliphatic heterocycles. The van der Waals surface area contributed by atoms with Crippen molar-refractivity contribution in [2.75, 3.05) is 5.75 Å². The molecule has 0 saturated carbocycles. The molecule has 2 rings (SSSR count). The maximum atomic E-state index is 10.7. The molecule has 0 aliphatic rings. The molecule has 0 radical (unpaired) electrons. The first-order chi connectivity index (χ1) is 8.25. The van der Waals surface area contributed by atoms with Crippen LogP contribution in [0.5, 0.6) is 0 Å². The smallest absolute Gasteiger partial charge is 0.185 e. The monoisotopic (exact) mass is 262 g/mol. The fourth-order valence-corrected chi connectivity index (χ4v) is 2.94. The van der Waals surface area contributed by atoms with E-state index in [0.717, 1.165) is 12.2 Å². The first kappa shape index (κ1) is 12.4. The predicted octanol–water partition coefficient (Wildman–Crippen LogP) is 4.58. The number of thiophene rings is 1. The zero-order valence-electron chi connectivity index (χ0n) is 9.68. The Morgan fingerprint density at radius 2 is 2.29 bits per heavy atom. The molecule has 0 saturated heterocycles. The largest absolute Gasteiger partial charge is 0.288 e. The number of carbonyl (C=O) groups excluding carboxylic acids is 1. The highest BCUT2D eigenvalue weighted by molar-refractivity contribution is 8.13. The summed E-state index contributed by atoms with van der Waals surface area (Å²) in [5.41, 5.74) is 1.23. The Morgan fingerprint density at radius 3 is 3.12 bits per heavy atom. The van der Waals surface area contributed by atoms with E-state index in [9.17, 15) is 4.79 Å². The molecule has 0 amide bonds. The van der Waals surface area contributed by atoms with Crippen molar-refractivity contribution in [2.45, 2.75) is 13.3 Å². The summed E-state index contributed by atoms with van der Waals surface area (Å²) in [6.07, 6.45) is 5.19. The van der Waals surface area contributed by atoms with Gasteiger partial charge in [0.2, 0.25) is 0 Å². The highest BCUT2D eigenvalue weighted by Gasteiger charge is 1.95. The molecule has 17 heavy (non-hydrogen) atoms. The summed E-state index contributed by atoms with van der Waals surface area (Å²) in [6, 6.07) is 8.62. The minimum Gasteiger partial charge on any atom is -0.288 e. The summed E-state index contributed by atoms with van der Waals surface area (Å²) < 4.78 is 1.32. The normalized spacial score (nSPS) is 11.4. The lowest BCUT2D eigenvalue weighted by molar-refractivity contribution is -0.109. The zero-order chi connectivity index (χ0) is 12.1. The van der Waals surface area contributed by atoms with Crippen LogP contribution in [0.15, 0.2) is 35.7 Å². The van der Waals surface area contributed by atoms with Gasteiger partial charge in [-0.15, -0.1) is 11.3 Å². The highest BCUT2D eigenvalue weighted by Crippen LogP contribution is 2.22. The van der Waals surface area contributed by atoms with Gasteiger partial charge in [0.25, 0.3) is 0 Å². The molecule has 88 valence electrons. The van der Waals surface area contributed by atoms with Crippen LogP contribution in [0, 0.1) is 0 Å². The number of hydrogen-bond donors (Lipinski definition) is 0. The molecule has 0 unspecified atom stereocenters. The van der Waals surface area contributed by atoms with Crippen molar-refractivity contribution in [1.82, 2.24) is 0 Å². The van der Waals surface area contributed by atoms with Crippen LogP contribution in [0.2, 0.25) is 0 Å². The van der Waals surface area contributed by atoms with Gasteiger partial charge in [0.05, 0.1) is 0 Å². The van der Waals surface area contributed by atoms with E-state index in [1.807, 2.05) is 0 Å². The molecule has 1 heterocycles. The third kappa shape index (κ3) is 3.72. The molecule has 0 fully saturated rings. The molecular formula is C14H14OS2. The van der Waals surface area contributed by atoms with Crippen molar-refractivity contribution in [2.24, 2.45) is 0 Å². The molecule has 1 aromatic carbocycles. The van der Waals surface area contributed by atoms with Crippen LogP contribution in [0.3, 0.4) is 0 Å². The summed E-state index contributed by atoms with van der Waals surface area (Å²) in [7, 11) is 0. The van der Waals surface area contributed by atoms with Gasteiger partial charge in [0.15, 0.2) is 5.12 Å². The van der Waals surface area contributed by atoms with E-state index in [1.165, 1.54) is 27.4 Å². The number of benzene rings is 1. The lowest BCUT2D eigenvalue weighted by Crippen LogP contribution is -1.83. The Morgan fingerprint density at radius 1 is 1.41 bits per heavy atom. The Balaban J connectivity index is 1.93. The van der Waals surface area contributed by atoms with Crippen molar-refractivity contribution >= 4 is 44.4 Å². The average molecular weight is 262 g/mol. The Labute approximate surface area is 110 Å². The average Bonchev–Trinajstić information content (AvgIpc) is 2.75. The highest BCUT2D eigenvalue weighted by atomic mass is 32.2. The van der Waals surface area contributed by atoms with E-state index in [-0.39, 0.29) is 5.12 Å². The van der Waals surface area contributed by atoms with Crippen LogP contribution in [-0.2, 0) is 4.79 Å². The third-order valence-electron chi connectivity index (χ3n) is 2.38. The minimum absolute atomic E-state index is 0.193. The van der Waals surface area contributed by atoms with Crippen molar-refractivity contribution in [3.8, 4) is 0 Å². The Kier molecular flexibility index (Phi) is 4.40. The van der Waals surface area contributed by atoms with Crippen molar-refractivity contribution < 1.29 is 4.79 Å². The van der Waals surface area contributed by atoms with E-state index in [4.69, 9.17) is 0 Å².